The lowest BCUT2D eigenvalue weighted by atomic mass is 10.1. The van der Waals surface area contributed by atoms with Crippen molar-refractivity contribution < 1.29 is 9.59 Å². The minimum absolute atomic E-state index is 0.0445. The van der Waals surface area contributed by atoms with Gasteiger partial charge in [0.2, 0.25) is 5.91 Å². The van der Waals surface area contributed by atoms with Crippen molar-refractivity contribution >= 4 is 23.2 Å². The van der Waals surface area contributed by atoms with E-state index in [0.717, 1.165) is 0 Å². The fourth-order valence-electron chi connectivity index (χ4n) is 2.08. The summed E-state index contributed by atoms with van der Waals surface area (Å²) in [6, 6.07) is 5.15. The van der Waals surface area contributed by atoms with E-state index in [9.17, 15) is 9.59 Å². The molecule has 0 saturated carbocycles. The lowest BCUT2D eigenvalue weighted by Crippen LogP contribution is -2.48. The van der Waals surface area contributed by atoms with Crippen molar-refractivity contribution in [1.82, 2.24) is 10.2 Å². The van der Waals surface area contributed by atoms with E-state index < -0.39 is 0 Å². The molecule has 0 spiro atoms. The molecule has 1 aliphatic heterocycles. The number of rotatable bonds is 2. The summed E-state index contributed by atoms with van der Waals surface area (Å²) in [5.41, 5.74) is 7.65. The summed E-state index contributed by atoms with van der Waals surface area (Å²) < 4.78 is 0. The average molecular weight is 262 g/mol. The average Bonchev–Trinajstić information content (AvgIpc) is 2.37. The molecule has 1 aromatic rings. The molecule has 1 aliphatic rings. The van der Waals surface area contributed by atoms with E-state index in [1.54, 1.807) is 32.3 Å². The molecule has 3 N–H and O–H groups in total. The van der Waals surface area contributed by atoms with Crippen LogP contribution < -0.4 is 16.0 Å². The molecule has 19 heavy (non-hydrogen) atoms. The lowest BCUT2D eigenvalue weighted by molar-refractivity contribution is -0.120. The van der Waals surface area contributed by atoms with Gasteiger partial charge in [0.05, 0.1) is 17.8 Å². The van der Waals surface area contributed by atoms with Gasteiger partial charge in [0.25, 0.3) is 5.91 Å². The first-order valence-corrected chi connectivity index (χ1v) is 6.12. The number of carbonyl (C=O) groups is 2. The van der Waals surface area contributed by atoms with Crippen molar-refractivity contribution in [3.05, 3.63) is 23.8 Å². The molecule has 0 aliphatic carbocycles. The molecule has 0 atom stereocenters. The first kappa shape index (κ1) is 13.2. The third-order valence-corrected chi connectivity index (χ3v) is 3.04. The smallest absolute Gasteiger partial charge is 0.255 e. The predicted octanol–water partition coefficient (Wildman–Crippen LogP) is -0.0932. The highest BCUT2D eigenvalue weighted by atomic mass is 16.2. The minimum Gasteiger partial charge on any atom is -0.399 e. The summed E-state index contributed by atoms with van der Waals surface area (Å²) in [5, 5.41) is 2.76. The van der Waals surface area contributed by atoms with Crippen LogP contribution in [0.1, 0.15) is 10.4 Å². The Balaban J connectivity index is 2.39. The first-order chi connectivity index (χ1) is 8.99. The molecule has 0 aromatic heterocycles. The van der Waals surface area contributed by atoms with Gasteiger partial charge in [-0.15, -0.1) is 0 Å². The maximum Gasteiger partial charge on any atom is 0.255 e. The second kappa shape index (κ2) is 5.17. The third kappa shape index (κ3) is 2.78. The second-order valence-electron chi connectivity index (χ2n) is 4.75. The highest BCUT2D eigenvalue weighted by Gasteiger charge is 2.22. The van der Waals surface area contributed by atoms with Crippen molar-refractivity contribution in [2.45, 2.75) is 0 Å². The highest BCUT2D eigenvalue weighted by Crippen LogP contribution is 2.25. The van der Waals surface area contributed by atoms with Crippen LogP contribution in [0.25, 0.3) is 0 Å². The number of carbonyl (C=O) groups excluding carboxylic acids is 2. The molecule has 2 amide bonds. The molecule has 1 saturated heterocycles. The molecule has 0 radical (unpaired) electrons. The van der Waals surface area contributed by atoms with Gasteiger partial charge < -0.3 is 20.9 Å². The zero-order chi connectivity index (χ0) is 14.0. The Labute approximate surface area is 112 Å². The molecule has 0 bridgehead atoms. The molecule has 0 unspecified atom stereocenters. The summed E-state index contributed by atoms with van der Waals surface area (Å²) in [6.45, 7) is 1.49. The van der Waals surface area contributed by atoms with Crippen molar-refractivity contribution in [1.29, 1.82) is 0 Å². The number of hydrogen-bond acceptors (Lipinski definition) is 4. The Morgan fingerprint density at radius 2 is 2.16 bits per heavy atom. The fourth-order valence-corrected chi connectivity index (χ4v) is 2.08. The van der Waals surface area contributed by atoms with E-state index in [1.165, 1.54) is 4.90 Å². The summed E-state index contributed by atoms with van der Waals surface area (Å²) in [6.07, 6.45) is 0. The Morgan fingerprint density at radius 3 is 2.79 bits per heavy atom. The zero-order valence-corrected chi connectivity index (χ0v) is 11.1. The van der Waals surface area contributed by atoms with E-state index in [2.05, 4.69) is 5.32 Å². The second-order valence-corrected chi connectivity index (χ2v) is 4.75. The van der Waals surface area contributed by atoms with Crippen molar-refractivity contribution in [3.63, 3.8) is 0 Å². The molecule has 1 fully saturated rings. The maximum atomic E-state index is 12.2. The monoisotopic (exact) mass is 262 g/mol. The van der Waals surface area contributed by atoms with Crippen LogP contribution in [-0.4, -0.2) is 50.4 Å². The van der Waals surface area contributed by atoms with E-state index in [-0.39, 0.29) is 18.4 Å². The summed E-state index contributed by atoms with van der Waals surface area (Å²) >= 11 is 0. The van der Waals surface area contributed by atoms with Crippen molar-refractivity contribution in [3.8, 4) is 0 Å². The molecular weight excluding hydrogens is 244 g/mol. The molecule has 2 rings (SSSR count). The number of nitrogens with two attached hydrogens (primary N) is 1. The van der Waals surface area contributed by atoms with Crippen LogP contribution in [0.15, 0.2) is 18.2 Å². The number of anilines is 2. The molecule has 1 heterocycles. The quantitative estimate of drug-likeness (QED) is 0.730. The Kier molecular flexibility index (Phi) is 3.59. The van der Waals surface area contributed by atoms with Gasteiger partial charge >= 0.3 is 0 Å². The SMILES string of the molecule is CN(C)C(=O)c1ccc(N)cc1N1CCNC(=O)C1. The van der Waals surface area contributed by atoms with Crippen molar-refractivity contribution in [2.75, 3.05) is 44.4 Å². The van der Waals surface area contributed by atoms with E-state index in [4.69, 9.17) is 5.73 Å². The Morgan fingerprint density at radius 1 is 1.42 bits per heavy atom. The number of hydrogen-bond donors (Lipinski definition) is 2. The number of amides is 2. The van der Waals surface area contributed by atoms with Crippen LogP contribution >= 0.6 is 0 Å². The normalized spacial score (nSPS) is 15.1. The molecule has 102 valence electrons. The lowest BCUT2D eigenvalue weighted by Gasteiger charge is -2.30. The van der Waals surface area contributed by atoms with Crippen molar-refractivity contribution in [2.24, 2.45) is 0 Å². The number of nitrogens with one attached hydrogen (secondary N) is 1. The van der Waals surface area contributed by atoms with Crippen LogP contribution in [0.2, 0.25) is 0 Å². The number of benzene rings is 1. The van der Waals surface area contributed by atoms with Crippen LogP contribution in [0.3, 0.4) is 0 Å². The first-order valence-electron chi connectivity index (χ1n) is 6.12. The molecule has 1 aromatic carbocycles. The van der Waals surface area contributed by atoms with Gasteiger partial charge in [0.1, 0.15) is 0 Å². The van der Waals surface area contributed by atoms with Crippen LogP contribution in [0, 0.1) is 0 Å². The van der Waals surface area contributed by atoms with Gasteiger partial charge in [-0.1, -0.05) is 0 Å². The Bertz CT molecular complexity index is 513. The van der Waals surface area contributed by atoms with Gasteiger partial charge in [0, 0.05) is 32.9 Å². The predicted molar refractivity (Wildman–Crippen MR) is 74.1 cm³/mol. The molecule has 6 nitrogen and oxygen atoms in total. The van der Waals surface area contributed by atoms with E-state index in [1.807, 2.05) is 4.90 Å². The third-order valence-electron chi connectivity index (χ3n) is 3.04. The topological polar surface area (TPSA) is 78.7 Å². The van der Waals surface area contributed by atoms with Gasteiger partial charge in [0.15, 0.2) is 0 Å². The van der Waals surface area contributed by atoms with Crippen LogP contribution in [-0.2, 0) is 4.79 Å². The minimum atomic E-state index is -0.0963. The van der Waals surface area contributed by atoms with Gasteiger partial charge in [-0.3, -0.25) is 9.59 Å². The number of nitrogens with zero attached hydrogens (tertiary/aromatic N) is 2. The highest BCUT2D eigenvalue weighted by molar-refractivity contribution is 6.01. The van der Waals surface area contributed by atoms with Crippen LogP contribution in [0.4, 0.5) is 11.4 Å². The van der Waals surface area contributed by atoms with Gasteiger partial charge in [-0.2, -0.15) is 0 Å². The van der Waals surface area contributed by atoms with Gasteiger partial charge in [-0.05, 0) is 18.2 Å². The fraction of sp³-hybridized carbons (Fsp3) is 0.385. The molecule has 6 heteroatoms. The Hall–Kier alpha value is -2.24. The number of piperazine rings is 1. The number of nitrogen functional groups attached to an aromatic ring is 1. The summed E-state index contributed by atoms with van der Waals surface area (Å²) in [4.78, 5) is 27.0. The van der Waals surface area contributed by atoms with E-state index >= 15 is 0 Å². The van der Waals surface area contributed by atoms with E-state index in [0.29, 0.717) is 30.0 Å². The molecular formula is C13H18N4O2. The van der Waals surface area contributed by atoms with Crippen LogP contribution in [0.5, 0.6) is 0 Å². The largest absolute Gasteiger partial charge is 0.399 e. The maximum absolute atomic E-state index is 12.2. The zero-order valence-electron chi connectivity index (χ0n) is 11.1. The summed E-state index contributed by atoms with van der Waals surface area (Å²) in [7, 11) is 3.40. The summed E-state index contributed by atoms with van der Waals surface area (Å²) in [5.74, 6) is -0.141. The van der Waals surface area contributed by atoms with Gasteiger partial charge in [-0.25, -0.2) is 0 Å². The standard InChI is InChI=1S/C13H18N4O2/c1-16(2)13(19)10-4-3-9(14)7-11(10)17-6-5-15-12(18)8-17/h3-4,7H,5-6,8,14H2,1-2H3,(H,15,18).